The van der Waals surface area contributed by atoms with Gasteiger partial charge in [0.1, 0.15) is 5.75 Å². The van der Waals surface area contributed by atoms with Crippen molar-refractivity contribution < 1.29 is 5.11 Å². The first-order chi connectivity index (χ1) is 6.91. The van der Waals surface area contributed by atoms with Crippen LogP contribution in [0.2, 0.25) is 10.0 Å². The third-order valence-electron chi connectivity index (χ3n) is 2.41. The Kier molecular flexibility index (Phi) is 4.26. The van der Waals surface area contributed by atoms with Crippen LogP contribution in [0.3, 0.4) is 0 Å². The lowest BCUT2D eigenvalue weighted by Crippen LogP contribution is -2.25. The second-order valence-electron chi connectivity index (χ2n) is 3.90. The van der Waals surface area contributed by atoms with E-state index < -0.39 is 0 Å². The normalized spacial score (nSPS) is 11.4. The highest BCUT2D eigenvalue weighted by molar-refractivity contribution is 6.35. The first-order valence-electron chi connectivity index (χ1n) is 4.79. The van der Waals surface area contributed by atoms with Gasteiger partial charge in [0.25, 0.3) is 0 Å². The number of halogens is 2. The van der Waals surface area contributed by atoms with Crippen molar-refractivity contribution in [2.24, 2.45) is 0 Å². The van der Waals surface area contributed by atoms with E-state index in [0.717, 1.165) is 5.56 Å². The fraction of sp³-hybridized carbons (Fsp3) is 0.455. The van der Waals surface area contributed by atoms with Crippen LogP contribution in [-0.4, -0.2) is 23.1 Å². The molecule has 0 unspecified atom stereocenters. The van der Waals surface area contributed by atoms with Crippen LogP contribution in [-0.2, 0) is 6.54 Å². The van der Waals surface area contributed by atoms with Crippen LogP contribution >= 0.6 is 23.2 Å². The molecule has 0 spiro atoms. The van der Waals surface area contributed by atoms with Crippen LogP contribution in [0.5, 0.6) is 5.75 Å². The number of nitrogens with zero attached hydrogens (tertiary/aromatic N) is 1. The van der Waals surface area contributed by atoms with Crippen molar-refractivity contribution in [3.05, 3.63) is 27.7 Å². The van der Waals surface area contributed by atoms with E-state index in [1.807, 2.05) is 7.05 Å². The van der Waals surface area contributed by atoms with Crippen LogP contribution in [0, 0.1) is 0 Å². The second kappa shape index (κ2) is 5.06. The minimum Gasteiger partial charge on any atom is -0.506 e. The lowest BCUT2D eigenvalue weighted by molar-refractivity contribution is 0.262. The zero-order valence-corrected chi connectivity index (χ0v) is 10.6. The van der Waals surface area contributed by atoms with Gasteiger partial charge in [-0.1, -0.05) is 23.2 Å². The zero-order valence-electron chi connectivity index (χ0n) is 9.09. The monoisotopic (exact) mass is 247 g/mol. The molecule has 4 heteroatoms. The van der Waals surface area contributed by atoms with Gasteiger partial charge in [-0.25, -0.2) is 0 Å². The lowest BCUT2D eigenvalue weighted by atomic mass is 10.1. The van der Waals surface area contributed by atoms with Crippen molar-refractivity contribution in [1.82, 2.24) is 4.90 Å². The summed E-state index contributed by atoms with van der Waals surface area (Å²) >= 11 is 11.7. The molecule has 0 saturated carbocycles. The van der Waals surface area contributed by atoms with Gasteiger partial charge in [-0.2, -0.15) is 0 Å². The molecule has 0 saturated heterocycles. The zero-order chi connectivity index (χ0) is 11.6. The molecule has 2 nitrogen and oxygen atoms in total. The maximum Gasteiger partial charge on any atom is 0.138 e. The van der Waals surface area contributed by atoms with Crippen molar-refractivity contribution in [2.45, 2.75) is 26.4 Å². The summed E-state index contributed by atoms with van der Waals surface area (Å²) in [6.07, 6.45) is 0. The van der Waals surface area contributed by atoms with Gasteiger partial charge in [-0.3, -0.25) is 4.90 Å². The molecule has 0 fully saturated rings. The van der Waals surface area contributed by atoms with E-state index in [4.69, 9.17) is 23.2 Å². The average molecular weight is 248 g/mol. The largest absolute Gasteiger partial charge is 0.506 e. The van der Waals surface area contributed by atoms with Crippen LogP contribution in [0.15, 0.2) is 12.1 Å². The number of hydrogen-bond acceptors (Lipinski definition) is 2. The Morgan fingerprint density at radius 3 is 2.47 bits per heavy atom. The Morgan fingerprint density at radius 2 is 1.93 bits per heavy atom. The molecule has 0 aromatic heterocycles. The molecule has 1 aromatic rings. The Balaban J connectivity index is 2.94. The van der Waals surface area contributed by atoms with Gasteiger partial charge < -0.3 is 5.11 Å². The first kappa shape index (κ1) is 12.6. The molecule has 1 aromatic carbocycles. The number of rotatable bonds is 3. The average Bonchev–Trinajstić information content (AvgIpc) is 2.13. The highest BCUT2D eigenvalue weighted by Gasteiger charge is 2.11. The van der Waals surface area contributed by atoms with Crippen molar-refractivity contribution in [2.75, 3.05) is 7.05 Å². The fourth-order valence-corrected chi connectivity index (χ4v) is 1.73. The van der Waals surface area contributed by atoms with Gasteiger partial charge in [0.15, 0.2) is 0 Å². The van der Waals surface area contributed by atoms with Crippen LogP contribution < -0.4 is 0 Å². The predicted octanol–water partition coefficient (Wildman–Crippen LogP) is 3.54. The van der Waals surface area contributed by atoms with E-state index in [0.29, 0.717) is 22.6 Å². The molecule has 0 aliphatic heterocycles. The van der Waals surface area contributed by atoms with Crippen molar-refractivity contribution >= 4 is 23.2 Å². The van der Waals surface area contributed by atoms with Crippen LogP contribution in [0.25, 0.3) is 0 Å². The standard InChI is InChI=1S/C11H15Cl2NO/c1-7(2)14(3)6-8-4-9(12)5-10(13)11(8)15/h4-5,7,15H,6H2,1-3H3. The van der Waals surface area contributed by atoms with Gasteiger partial charge in [-0.15, -0.1) is 0 Å². The smallest absolute Gasteiger partial charge is 0.138 e. The number of aromatic hydroxyl groups is 1. The topological polar surface area (TPSA) is 23.5 Å². The molecule has 0 heterocycles. The molecule has 84 valence electrons. The summed E-state index contributed by atoms with van der Waals surface area (Å²) in [7, 11) is 1.99. The Labute approximate surface area is 100 Å². The summed E-state index contributed by atoms with van der Waals surface area (Å²) in [5.74, 6) is 0.119. The van der Waals surface area contributed by atoms with Crippen molar-refractivity contribution in [3.8, 4) is 5.75 Å². The van der Waals surface area contributed by atoms with Gasteiger partial charge in [0, 0.05) is 23.2 Å². The van der Waals surface area contributed by atoms with E-state index in [1.165, 1.54) is 6.07 Å². The lowest BCUT2D eigenvalue weighted by Gasteiger charge is -2.21. The molecule has 0 amide bonds. The van der Waals surface area contributed by atoms with Crippen molar-refractivity contribution in [1.29, 1.82) is 0 Å². The van der Waals surface area contributed by atoms with E-state index in [9.17, 15) is 5.11 Å². The quantitative estimate of drug-likeness (QED) is 0.884. The third kappa shape index (κ3) is 3.26. The van der Waals surface area contributed by atoms with Gasteiger partial charge in [0.2, 0.25) is 0 Å². The number of benzene rings is 1. The predicted molar refractivity (Wildman–Crippen MR) is 64.7 cm³/mol. The molecule has 1 N–H and O–H groups in total. The maximum atomic E-state index is 9.74. The van der Waals surface area contributed by atoms with Gasteiger partial charge in [0.05, 0.1) is 5.02 Å². The Morgan fingerprint density at radius 1 is 1.33 bits per heavy atom. The molecule has 1 rings (SSSR count). The highest BCUT2D eigenvalue weighted by Crippen LogP contribution is 2.31. The number of phenols is 1. The minimum absolute atomic E-state index is 0.119. The Hall–Kier alpha value is -0.440. The molecule has 0 radical (unpaired) electrons. The van der Waals surface area contributed by atoms with Crippen molar-refractivity contribution in [3.63, 3.8) is 0 Å². The molecular formula is C11H15Cl2NO. The molecule has 0 aliphatic rings. The second-order valence-corrected chi connectivity index (χ2v) is 4.75. The van der Waals surface area contributed by atoms with E-state index in [-0.39, 0.29) is 5.75 Å². The molecule has 0 bridgehead atoms. The molecular weight excluding hydrogens is 233 g/mol. The van der Waals surface area contributed by atoms with Gasteiger partial charge >= 0.3 is 0 Å². The summed E-state index contributed by atoms with van der Waals surface area (Å²) < 4.78 is 0. The summed E-state index contributed by atoms with van der Waals surface area (Å²) in [4.78, 5) is 2.10. The Bertz CT molecular complexity index is 353. The molecule has 0 aliphatic carbocycles. The van der Waals surface area contributed by atoms with Crippen LogP contribution in [0.1, 0.15) is 19.4 Å². The SMILES string of the molecule is CC(C)N(C)Cc1cc(Cl)cc(Cl)c1O. The highest BCUT2D eigenvalue weighted by atomic mass is 35.5. The minimum atomic E-state index is 0.119. The van der Waals surface area contributed by atoms with Crippen LogP contribution in [0.4, 0.5) is 0 Å². The number of hydrogen-bond donors (Lipinski definition) is 1. The third-order valence-corrected chi connectivity index (χ3v) is 2.91. The maximum absolute atomic E-state index is 9.74. The summed E-state index contributed by atoms with van der Waals surface area (Å²) in [5.41, 5.74) is 0.753. The van der Waals surface area contributed by atoms with Gasteiger partial charge in [-0.05, 0) is 33.0 Å². The fourth-order valence-electron chi connectivity index (χ4n) is 1.19. The summed E-state index contributed by atoms with van der Waals surface area (Å²) in [6.45, 7) is 4.80. The van der Waals surface area contributed by atoms with E-state index in [2.05, 4.69) is 18.7 Å². The van der Waals surface area contributed by atoms with E-state index in [1.54, 1.807) is 6.07 Å². The molecule has 0 atom stereocenters. The summed E-state index contributed by atoms with van der Waals surface area (Å²) in [5, 5.41) is 10.6. The van der Waals surface area contributed by atoms with E-state index >= 15 is 0 Å². The first-order valence-corrected chi connectivity index (χ1v) is 5.54. The summed E-state index contributed by atoms with van der Waals surface area (Å²) in [6, 6.07) is 3.68. The number of phenolic OH excluding ortho intramolecular Hbond substituents is 1. The molecule has 15 heavy (non-hydrogen) atoms.